The highest BCUT2D eigenvalue weighted by Gasteiger charge is 2.32. The van der Waals surface area contributed by atoms with Crippen LogP contribution < -0.4 is 9.47 Å². The van der Waals surface area contributed by atoms with Crippen molar-refractivity contribution in [2.45, 2.75) is 32.2 Å². The lowest BCUT2D eigenvalue weighted by Crippen LogP contribution is -2.49. The van der Waals surface area contributed by atoms with Gasteiger partial charge in [-0.1, -0.05) is 12.1 Å². The number of amides is 1. The zero-order valence-electron chi connectivity index (χ0n) is 15.9. The van der Waals surface area contributed by atoms with Crippen LogP contribution in [0.5, 0.6) is 11.5 Å². The van der Waals surface area contributed by atoms with Crippen LogP contribution in [0.15, 0.2) is 36.4 Å². The molecule has 2 aliphatic heterocycles. The second-order valence-electron chi connectivity index (χ2n) is 7.22. The van der Waals surface area contributed by atoms with Crippen molar-refractivity contribution in [1.29, 1.82) is 0 Å². The van der Waals surface area contributed by atoms with Gasteiger partial charge >= 0.3 is 0 Å². The Labute approximate surface area is 159 Å². The molecule has 2 aromatic carbocycles. The predicted octanol–water partition coefficient (Wildman–Crippen LogP) is 3.57. The topological polar surface area (TPSA) is 48.0 Å². The number of carbonyl (C=O) groups is 1. The fraction of sp³-hybridized carbons (Fsp3) is 0.409. The van der Waals surface area contributed by atoms with Crippen LogP contribution in [0.3, 0.4) is 0 Å². The minimum atomic E-state index is 0.0442. The van der Waals surface area contributed by atoms with Crippen molar-refractivity contribution in [3.8, 4) is 11.5 Å². The molecule has 2 aromatic rings. The summed E-state index contributed by atoms with van der Waals surface area (Å²) in [6.07, 6.45) is 2.72. The number of hydrogen-bond acceptors (Lipinski definition) is 4. The third kappa shape index (κ3) is 3.65. The van der Waals surface area contributed by atoms with Crippen LogP contribution in [-0.2, 0) is 11.2 Å². The highest BCUT2D eigenvalue weighted by Crippen LogP contribution is 2.31. The first-order valence-corrected chi connectivity index (χ1v) is 9.43. The summed E-state index contributed by atoms with van der Waals surface area (Å²) >= 11 is 0. The van der Waals surface area contributed by atoms with Crippen molar-refractivity contribution in [2.24, 2.45) is 0 Å². The molecule has 0 aromatic heterocycles. The number of carbonyl (C=O) groups excluding carboxylic acids is 1. The summed E-state index contributed by atoms with van der Waals surface area (Å²) in [6, 6.07) is 12.1. The van der Waals surface area contributed by atoms with E-state index < -0.39 is 0 Å². The Hall–Kier alpha value is -2.53. The average molecular weight is 367 g/mol. The molecule has 0 radical (unpaired) electrons. The zero-order valence-corrected chi connectivity index (χ0v) is 15.9. The Morgan fingerprint density at radius 1 is 1.22 bits per heavy atom. The van der Waals surface area contributed by atoms with E-state index in [1.54, 1.807) is 7.11 Å². The molecule has 0 aliphatic carbocycles. The maximum atomic E-state index is 13.1. The molecule has 0 saturated carbocycles. The smallest absolute Gasteiger partial charge is 0.260 e. The average Bonchev–Trinajstić information content (AvgIpc) is 2.70. The van der Waals surface area contributed by atoms with Gasteiger partial charge in [0.05, 0.1) is 25.3 Å². The second-order valence-corrected chi connectivity index (χ2v) is 7.22. The van der Waals surface area contributed by atoms with Crippen molar-refractivity contribution in [1.82, 2.24) is 4.90 Å². The molecule has 0 bridgehead atoms. The molecular formula is C22H25NO4. The SMILES string of the molecule is COc1ccc(Cc2cc3c(cc2C)OCN([C@@H]2CCCOC2)C3=O)cc1. The Balaban J connectivity index is 1.58. The van der Waals surface area contributed by atoms with E-state index >= 15 is 0 Å². The van der Waals surface area contributed by atoms with Crippen LogP contribution in [0, 0.1) is 6.92 Å². The van der Waals surface area contributed by atoms with E-state index in [1.807, 2.05) is 29.2 Å². The summed E-state index contributed by atoms with van der Waals surface area (Å²) in [5.41, 5.74) is 4.10. The molecule has 2 heterocycles. The zero-order chi connectivity index (χ0) is 18.8. The quantitative estimate of drug-likeness (QED) is 0.829. The number of ether oxygens (including phenoxy) is 3. The van der Waals surface area contributed by atoms with Gasteiger partial charge in [0.2, 0.25) is 0 Å². The van der Waals surface area contributed by atoms with E-state index in [-0.39, 0.29) is 11.9 Å². The Kier molecular flexibility index (Phi) is 5.03. The first-order valence-electron chi connectivity index (χ1n) is 9.43. The van der Waals surface area contributed by atoms with Gasteiger partial charge in [-0.15, -0.1) is 0 Å². The van der Waals surface area contributed by atoms with E-state index in [0.717, 1.165) is 42.7 Å². The third-order valence-corrected chi connectivity index (χ3v) is 5.42. The Morgan fingerprint density at radius 3 is 2.74 bits per heavy atom. The van der Waals surface area contributed by atoms with Crippen LogP contribution in [0.25, 0.3) is 0 Å². The van der Waals surface area contributed by atoms with Crippen molar-refractivity contribution >= 4 is 5.91 Å². The van der Waals surface area contributed by atoms with E-state index in [0.29, 0.717) is 24.7 Å². The molecule has 0 N–H and O–H groups in total. The molecule has 5 heteroatoms. The molecule has 1 amide bonds. The fourth-order valence-corrected chi connectivity index (χ4v) is 3.76. The van der Waals surface area contributed by atoms with E-state index in [1.165, 1.54) is 5.56 Å². The van der Waals surface area contributed by atoms with Crippen LogP contribution >= 0.6 is 0 Å². The number of nitrogens with zero attached hydrogens (tertiary/aromatic N) is 1. The van der Waals surface area contributed by atoms with Gasteiger partial charge < -0.3 is 14.2 Å². The third-order valence-electron chi connectivity index (χ3n) is 5.42. The van der Waals surface area contributed by atoms with Gasteiger partial charge in [0.15, 0.2) is 6.73 Å². The van der Waals surface area contributed by atoms with E-state index in [4.69, 9.17) is 14.2 Å². The number of benzene rings is 2. The lowest BCUT2D eigenvalue weighted by Gasteiger charge is -2.37. The van der Waals surface area contributed by atoms with Gasteiger partial charge in [-0.05, 0) is 67.1 Å². The fourth-order valence-electron chi connectivity index (χ4n) is 3.76. The van der Waals surface area contributed by atoms with Gasteiger partial charge in [0.1, 0.15) is 11.5 Å². The normalized spacial score (nSPS) is 19.4. The molecule has 0 unspecified atom stereocenters. The first-order chi connectivity index (χ1) is 13.2. The molecular weight excluding hydrogens is 342 g/mol. The monoisotopic (exact) mass is 367 g/mol. The first kappa shape index (κ1) is 17.9. The summed E-state index contributed by atoms with van der Waals surface area (Å²) in [5.74, 6) is 1.57. The summed E-state index contributed by atoms with van der Waals surface area (Å²) in [5, 5.41) is 0. The minimum absolute atomic E-state index is 0.0442. The van der Waals surface area contributed by atoms with Crippen LogP contribution in [0.1, 0.15) is 39.9 Å². The van der Waals surface area contributed by atoms with E-state index in [2.05, 4.69) is 19.1 Å². The molecule has 1 atom stereocenters. The number of hydrogen-bond donors (Lipinski definition) is 0. The minimum Gasteiger partial charge on any atom is -0.497 e. The van der Waals surface area contributed by atoms with Crippen molar-refractivity contribution in [3.05, 3.63) is 58.7 Å². The summed E-state index contributed by atoms with van der Waals surface area (Å²) in [7, 11) is 1.66. The summed E-state index contributed by atoms with van der Waals surface area (Å²) in [4.78, 5) is 14.9. The molecule has 27 heavy (non-hydrogen) atoms. The van der Waals surface area contributed by atoms with Crippen LogP contribution in [-0.4, -0.2) is 43.9 Å². The largest absolute Gasteiger partial charge is 0.497 e. The summed E-state index contributed by atoms with van der Waals surface area (Å²) < 4.78 is 16.7. The number of rotatable bonds is 4. The standard InChI is InChI=1S/C22H25NO4/c1-15-10-21-20(12-17(15)11-16-5-7-19(25-2)8-6-16)22(24)23(14-27-21)18-4-3-9-26-13-18/h5-8,10,12,18H,3-4,9,11,13-14H2,1-2H3/t18-/m1/s1. The van der Waals surface area contributed by atoms with Gasteiger partial charge in [-0.25, -0.2) is 0 Å². The van der Waals surface area contributed by atoms with Gasteiger partial charge in [0, 0.05) is 6.61 Å². The highest BCUT2D eigenvalue weighted by molar-refractivity contribution is 5.98. The molecule has 1 saturated heterocycles. The van der Waals surface area contributed by atoms with Gasteiger partial charge in [-0.2, -0.15) is 0 Å². The van der Waals surface area contributed by atoms with Crippen LogP contribution in [0.2, 0.25) is 0 Å². The Bertz CT molecular complexity index is 825. The van der Waals surface area contributed by atoms with Gasteiger partial charge in [-0.3, -0.25) is 9.69 Å². The molecule has 142 valence electrons. The summed E-state index contributed by atoms with van der Waals surface area (Å²) in [6.45, 7) is 3.74. The van der Waals surface area contributed by atoms with Crippen LogP contribution in [0.4, 0.5) is 0 Å². The Morgan fingerprint density at radius 2 is 2.04 bits per heavy atom. The molecule has 2 aliphatic rings. The lowest BCUT2D eigenvalue weighted by molar-refractivity contribution is -0.00993. The molecule has 4 rings (SSSR count). The van der Waals surface area contributed by atoms with Crippen molar-refractivity contribution in [3.63, 3.8) is 0 Å². The number of aryl methyl sites for hydroxylation is 1. The molecule has 5 nitrogen and oxygen atoms in total. The highest BCUT2D eigenvalue weighted by atomic mass is 16.5. The molecule has 1 fully saturated rings. The second kappa shape index (κ2) is 7.61. The predicted molar refractivity (Wildman–Crippen MR) is 102 cm³/mol. The molecule has 0 spiro atoms. The maximum absolute atomic E-state index is 13.1. The number of methoxy groups -OCH3 is 1. The van der Waals surface area contributed by atoms with Gasteiger partial charge in [0.25, 0.3) is 5.91 Å². The van der Waals surface area contributed by atoms with E-state index in [9.17, 15) is 4.79 Å². The number of fused-ring (bicyclic) bond motifs is 1. The van der Waals surface area contributed by atoms with Crippen molar-refractivity contribution < 1.29 is 19.0 Å². The lowest BCUT2D eigenvalue weighted by atomic mass is 9.96. The van der Waals surface area contributed by atoms with Crippen molar-refractivity contribution in [2.75, 3.05) is 27.1 Å². The maximum Gasteiger partial charge on any atom is 0.260 e.